The third-order valence-corrected chi connectivity index (χ3v) is 4.99. The van der Waals surface area contributed by atoms with Crippen LogP contribution in [0, 0.1) is 5.82 Å². The van der Waals surface area contributed by atoms with Gasteiger partial charge in [0.25, 0.3) is 0 Å². The van der Waals surface area contributed by atoms with Crippen LogP contribution in [0.1, 0.15) is 11.1 Å². The lowest BCUT2D eigenvalue weighted by molar-refractivity contribution is -0.918. The molecule has 0 unspecified atom stereocenters. The van der Waals surface area contributed by atoms with Crippen molar-refractivity contribution in [2.24, 2.45) is 5.10 Å². The lowest BCUT2D eigenvalue weighted by atomic mass is 10.0. The zero-order valence-corrected chi connectivity index (χ0v) is 14.7. The molecule has 0 bridgehead atoms. The average molecular weight is 348 g/mol. The summed E-state index contributed by atoms with van der Waals surface area (Å²) in [5.41, 5.74) is 2.21. The van der Waals surface area contributed by atoms with E-state index in [2.05, 4.69) is 52.6 Å². The lowest BCUT2D eigenvalue weighted by Crippen LogP contribution is -3.13. The third-order valence-electron chi connectivity index (χ3n) is 4.99. The molecule has 26 heavy (non-hydrogen) atoms. The molecule has 1 saturated heterocycles. The Kier molecular flexibility index (Phi) is 4.93. The van der Waals surface area contributed by atoms with Crippen LogP contribution in [0.25, 0.3) is 10.8 Å². The molecule has 4 rings (SSSR count). The molecule has 0 aromatic heterocycles. The van der Waals surface area contributed by atoms with Gasteiger partial charge in [-0.25, -0.2) is 4.39 Å². The minimum Gasteiger partial charge on any atom is -0.328 e. The van der Waals surface area contributed by atoms with E-state index in [4.69, 9.17) is 0 Å². The van der Waals surface area contributed by atoms with Crippen molar-refractivity contribution in [3.63, 3.8) is 0 Å². The van der Waals surface area contributed by atoms with Gasteiger partial charge in [0.2, 0.25) is 0 Å². The van der Waals surface area contributed by atoms with E-state index < -0.39 is 0 Å². The van der Waals surface area contributed by atoms with Crippen molar-refractivity contribution in [3.05, 3.63) is 83.7 Å². The highest BCUT2D eigenvalue weighted by Crippen LogP contribution is 2.17. The standard InChI is InChI=1S/C22H22FN3/c23-21-9-3-5-18(15-21)16-24-26-13-11-25(12-14-26)17-20-8-4-7-19-6-1-2-10-22(19)20/h1-10,15-16H,11-14,17H2/p+1. The molecule has 0 aliphatic carbocycles. The monoisotopic (exact) mass is 348 g/mol. The molecule has 1 aliphatic heterocycles. The van der Waals surface area contributed by atoms with Crippen LogP contribution in [0.5, 0.6) is 0 Å². The van der Waals surface area contributed by atoms with E-state index in [1.165, 1.54) is 28.5 Å². The van der Waals surface area contributed by atoms with Crippen LogP contribution < -0.4 is 4.90 Å². The molecule has 1 aliphatic rings. The average Bonchev–Trinajstić information content (AvgIpc) is 2.68. The van der Waals surface area contributed by atoms with E-state index in [9.17, 15) is 4.39 Å². The van der Waals surface area contributed by atoms with Crippen LogP contribution in [0.3, 0.4) is 0 Å². The van der Waals surface area contributed by atoms with E-state index >= 15 is 0 Å². The van der Waals surface area contributed by atoms with Crippen LogP contribution in [0.15, 0.2) is 71.8 Å². The zero-order chi connectivity index (χ0) is 17.8. The number of hydrazone groups is 1. The maximum absolute atomic E-state index is 13.2. The molecule has 0 radical (unpaired) electrons. The highest BCUT2D eigenvalue weighted by atomic mass is 19.1. The van der Waals surface area contributed by atoms with Crippen LogP contribution in [0.4, 0.5) is 4.39 Å². The number of nitrogens with zero attached hydrogens (tertiary/aromatic N) is 2. The summed E-state index contributed by atoms with van der Waals surface area (Å²) < 4.78 is 13.2. The highest BCUT2D eigenvalue weighted by Gasteiger charge is 2.19. The van der Waals surface area contributed by atoms with Crippen LogP contribution in [-0.4, -0.2) is 37.4 Å². The molecule has 0 amide bonds. The van der Waals surface area contributed by atoms with Crippen molar-refractivity contribution in [2.75, 3.05) is 26.2 Å². The van der Waals surface area contributed by atoms with Crippen LogP contribution >= 0.6 is 0 Å². The summed E-state index contributed by atoms with van der Waals surface area (Å²) in [6.07, 6.45) is 1.75. The number of quaternary nitrogens is 1. The second-order valence-electron chi connectivity index (χ2n) is 6.82. The smallest absolute Gasteiger partial charge is 0.123 e. The first-order valence-electron chi connectivity index (χ1n) is 9.13. The lowest BCUT2D eigenvalue weighted by Gasteiger charge is -2.30. The molecule has 1 fully saturated rings. The van der Waals surface area contributed by atoms with Gasteiger partial charge in [-0.3, -0.25) is 5.01 Å². The molecule has 1 heterocycles. The maximum Gasteiger partial charge on any atom is 0.123 e. The summed E-state index contributed by atoms with van der Waals surface area (Å²) in [6.45, 7) is 5.01. The molecule has 0 saturated carbocycles. The van der Waals surface area contributed by atoms with Gasteiger partial charge in [-0.05, 0) is 28.5 Å². The van der Waals surface area contributed by atoms with Crippen LogP contribution in [-0.2, 0) is 6.54 Å². The molecular weight excluding hydrogens is 325 g/mol. The Labute approximate surface area is 153 Å². The zero-order valence-electron chi connectivity index (χ0n) is 14.7. The number of rotatable bonds is 4. The van der Waals surface area contributed by atoms with Gasteiger partial charge in [0.15, 0.2) is 0 Å². The van der Waals surface area contributed by atoms with E-state index in [-0.39, 0.29) is 5.82 Å². The summed E-state index contributed by atoms with van der Waals surface area (Å²) in [6, 6.07) is 21.7. The summed E-state index contributed by atoms with van der Waals surface area (Å²) in [5.74, 6) is -0.224. The predicted molar refractivity (Wildman–Crippen MR) is 104 cm³/mol. The minimum atomic E-state index is -0.224. The number of piperazine rings is 1. The van der Waals surface area contributed by atoms with Gasteiger partial charge in [0.05, 0.1) is 32.4 Å². The van der Waals surface area contributed by atoms with Crippen molar-refractivity contribution in [1.29, 1.82) is 0 Å². The van der Waals surface area contributed by atoms with Crippen molar-refractivity contribution in [2.45, 2.75) is 6.54 Å². The molecule has 1 N–H and O–H groups in total. The molecule has 3 nitrogen and oxygen atoms in total. The van der Waals surface area contributed by atoms with Crippen molar-refractivity contribution in [3.8, 4) is 0 Å². The van der Waals surface area contributed by atoms with Crippen molar-refractivity contribution >= 4 is 17.0 Å². The second kappa shape index (κ2) is 7.67. The molecule has 0 atom stereocenters. The fourth-order valence-electron chi connectivity index (χ4n) is 3.55. The van der Waals surface area contributed by atoms with Gasteiger partial charge >= 0.3 is 0 Å². The fraction of sp³-hybridized carbons (Fsp3) is 0.227. The number of benzene rings is 3. The summed E-state index contributed by atoms with van der Waals surface area (Å²) in [4.78, 5) is 1.58. The van der Waals surface area contributed by atoms with E-state index in [0.29, 0.717) is 0 Å². The van der Waals surface area contributed by atoms with Gasteiger partial charge in [-0.1, -0.05) is 54.6 Å². The second-order valence-corrected chi connectivity index (χ2v) is 6.82. The largest absolute Gasteiger partial charge is 0.328 e. The van der Waals surface area contributed by atoms with Crippen molar-refractivity contribution in [1.82, 2.24) is 5.01 Å². The molecule has 4 heteroatoms. The SMILES string of the molecule is Fc1cccc(C=NN2CC[NH+](Cc3cccc4ccccc34)CC2)c1. The fourth-order valence-corrected chi connectivity index (χ4v) is 3.55. The van der Waals surface area contributed by atoms with Gasteiger partial charge in [0, 0.05) is 5.56 Å². The quantitative estimate of drug-likeness (QED) is 0.719. The molecule has 3 aromatic rings. The Hall–Kier alpha value is -2.72. The third kappa shape index (κ3) is 3.92. The van der Waals surface area contributed by atoms with E-state index in [0.717, 1.165) is 38.3 Å². The Morgan fingerprint density at radius 1 is 0.962 bits per heavy atom. The van der Waals surface area contributed by atoms with E-state index in [1.54, 1.807) is 17.2 Å². The molecular formula is C22H23FN3+. The Bertz CT molecular complexity index is 909. The summed E-state index contributed by atoms with van der Waals surface area (Å²) in [7, 11) is 0. The van der Waals surface area contributed by atoms with Gasteiger partial charge in [0.1, 0.15) is 12.4 Å². The van der Waals surface area contributed by atoms with Crippen molar-refractivity contribution < 1.29 is 9.29 Å². The Morgan fingerprint density at radius 3 is 2.58 bits per heavy atom. The van der Waals surface area contributed by atoms with E-state index in [1.807, 2.05) is 6.07 Å². The maximum atomic E-state index is 13.2. The molecule has 3 aromatic carbocycles. The minimum absolute atomic E-state index is 0.224. The van der Waals surface area contributed by atoms with Gasteiger partial charge in [-0.15, -0.1) is 0 Å². The number of nitrogens with one attached hydrogen (secondary N) is 1. The topological polar surface area (TPSA) is 20.0 Å². The number of halogens is 1. The number of hydrogen-bond donors (Lipinski definition) is 1. The number of fused-ring (bicyclic) bond motifs is 1. The first-order valence-corrected chi connectivity index (χ1v) is 9.13. The number of hydrogen-bond acceptors (Lipinski definition) is 2. The Balaban J connectivity index is 1.36. The molecule has 0 spiro atoms. The molecule has 132 valence electrons. The normalized spacial score (nSPS) is 15.8. The van der Waals surface area contributed by atoms with Gasteiger partial charge < -0.3 is 4.90 Å². The highest BCUT2D eigenvalue weighted by molar-refractivity contribution is 5.85. The first kappa shape index (κ1) is 16.7. The summed E-state index contributed by atoms with van der Waals surface area (Å²) in [5, 5.41) is 9.26. The summed E-state index contributed by atoms with van der Waals surface area (Å²) >= 11 is 0. The van der Waals surface area contributed by atoms with Crippen LogP contribution in [0.2, 0.25) is 0 Å². The van der Waals surface area contributed by atoms with Gasteiger partial charge in [-0.2, -0.15) is 5.10 Å². The predicted octanol–water partition coefficient (Wildman–Crippen LogP) is 2.71. The Morgan fingerprint density at radius 2 is 1.73 bits per heavy atom. The first-order chi connectivity index (χ1) is 12.8.